The molecule has 0 amide bonds. The van der Waals surface area contributed by atoms with Crippen molar-refractivity contribution >= 4 is 21.4 Å². The average Bonchev–Trinajstić information content (AvgIpc) is 2.82. The summed E-state index contributed by atoms with van der Waals surface area (Å²) < 4.78 is 26.8. The van der Waals surface area contributed by atoms with E-state index in [-0.39, 0.29) is 0 Å². The minimum atomic E-state index is -3.35. The van der Waals surface area contributed by atoms with Gasteiger partial charge in [-0.05, 0) is 31.2 Å². The Hall–Kier alpha value is -0.430. The average molecular weight is 274 g/mol. The largest absolute Gasteiger partial charge is 0.326 e. The molecule has 0 saturated heterocycles. The van der Waals surface area contributed by atoms with E-state index in [9.17, 15) is 8.42 Å². The molecule has 2 atom stereocenters. The summed E-state index contributed by atoms with van der Waals surface area (Å²) in [6, 6.07) is 1.68. The molecule has 1 saturated carbocycles. The van der Waals surface area contributed by atoms with Crippen LogP contribution in [0.15, 0.2) is 11.0 Å². The number of hydrogen-bond donors (Lipinski definition) is 2. The second kappa shape index (κ2) is 4.68. The van der Waals surface area contributed by atoms with E-state index < -0.39 is 10.0 Å². The Morgan fingerprint density at radius 2 is 2.24 bits per heavy atom. The SMILES string of the molecule is Cc1sc(CN)cc1S(=O)(=O)NCC1CC1C. The molecule has 1 aliphatic carbocycles. The summed E-state index contributed by atoms with van der Waals surface area (Å²) >= 11 is 1.45. The fourth-order valence-corrected chi connectivity index (χ4v) is 4.48. The number of rotatable bonds is 5. The molecule has 96 valence electrons. The maximum absolute atomic E-state index is 12.1. The highest BCUT2D eigenvalue weighted by atomic mass is 32.2. The maximum atomic E-state index is 12.1. The molecule has 1 fully saturated rings. The third-order valence-electron chi connectivity index (χ3n) is 3.23. The van der Waals surface area contributed by atoms with Crippen molar-refractivity contribution in [2.24, 2.45) is 17.6 Å². The second-order valence-corrected chi connectivity index (χ2v) is 7.74. The van der Waals surface area contributed by atoms with Crippen molar-refractivity contribution in [3.63, 3.8) is 0 Å². The van der Waals surface area contributed by atoms with Crippen molar-refractivity contribution in [2.45, 2.75) is 31.7 Å². The summed E-state index contributed by atoms with van der Waals surface area (Å²) in [5, 5.41) is 0. The van der Waals surface area contributed by atoms with Gasteiger partial charge in [0.1, 0.15) is 0 Å². The maximum Gasteiger partial charge on any atom is 0.241 e. The number of sulfonamides is 1. The zero-order valence-corrected chi connectivity index (χ0v) is 11.7. The lowest BCUT2D eigenvalue weighted by Crippen LogP contribution is -2.26. The first-order chi connectivity index (χ1) is 7.94. The van der Waals surface area contributed by atoms with Gasteiger partial charge in [-0.1, -0.05) is 6.92 Å². The molecule has 4 nitrogen and oxygen atoms in total. The molecule has 17 heavy (non-hydrogen) atoms. The van der Waals surface area contributed by atoms with Crippen LogP contribution in [0.4, 0.5) is 0 Å². The molecule has 0 bridgehead atoms. The molecular formula is C11H18N2O2S2. The highest BCUT2D eigenvalue weighted by Gasteiger charge is 2.33. The van der Waals surface area contributed by atoms with Crippen LogP contribution >= 0.6 is 11.3 Å². The highest BCUT2D eigenvalue weighted by molar-refractivity contribution is 7.89. The predicted molar refractivity (Wildman–Crippen MR) is 69.4 cm³/mol. The van der Waals surface area contributed by atoms with Gasteiger partial charge in [0, 0.05) is 22.8 Å². The smallest absolute Gasteiger partial charge is 0.241 e. The first-order valence-electron chi connectivity index (χ1n) is 5.73. The van der Waals surface area contributed by atoms with E-state index in [1.807, 2.05) is 6.92 Å². The molecule has 0 radical (unpaired) electrons. The van der Waals surface area contributed by atoms with Crippen LogP contribution in [0, 0.1) is 18.8 Å². The van der Waals surface area contributed by atoms with Crippen molar-refractivity contribution in [1.29, 1.82) is 0 Å². The van der Waals surface area contributed by atoms with Crippen LogP contribution in [0.25, 0.3) is 0 Å². The van der Waals surface area contributed by atoms with Crippen LogP contribution in [-0.4, -0.2) is 15.0 Å². The molecule has 2 unspecified atom stereocenters. The highest BCUT2D eigenvalue weighted by Crippen LogP contribution is 2.37. The summed E-state index contributed by atoms with van der Waals surface area (Å²) in [7, 11) is -3.35. The fourth-order valence-electron chi connectivity index (χ4n) is 1.87. The molecule has 1 aliphatic rings. The van der Waals surface area contributed by atoms with Gasteiger partial charge in [-0.25, -0.2) is 13.1 Å². The lowest BCUT2D eigenvalue weighted by Gasteiger charge is -2.05. The van der Waals surface area contributed by atoms with Crippen LogP contribution in [0.5, 0.6) is 0 Å². The van der Waals surface area contributed by atoms with Crippen molar-refractivity contribution in [1.82, 2.24) is 4.72 Å². The van der Waals surface area contributed by atoms with Gasteiger partial charge in [-0.15, -0.1) is 11.3 Å². The van der Waals surface area contributed by atoms with E-state index >= 15 is 0 Å². The fraction of sp³-hybridized carbons (Fsp3) is 0.636. The van der Waals surface area contributed by atoms with Gasteiger partial charge in [0.05, 0.1) is 4.90 Å². The summed E-state index contributed by atoms with van der Waals surface area (Å²) in [5.74, 6) is 1.17. The Morgan fingerprint density at radius 1 is 1.59 bits per heavy atom. The van der Waals surface area contributed by atoms with Gasteiger partial charge in [0.2, 0.25) is 10.0 Å². The molecule has 1 aromatic rings. The molecule has 1 heterocycles. The third-order valence-corrected chi connectivity index (χ3v) is 5.98. The Bertz CT molecular complexity index is 508. The van der Waals surface area contributed by atoms with Gasteiger partial charge >= 0.3 is 0 Å². The Labute approximate surface area is 106 Å². The summed E-state index contributed by atoms with van der Waals surface area (Å²) in [6.45, 7) is 4.90. The summed E-state index contributed by atoms with van der Waals surface area (Å²) in [5.41, 5.74) is 5.52. The monoisotopic (exact) mass is 274 g/mol. The van der Waals surface area contributed by atoms with E-state index in [4.69, 9.17) is 5.73 Å². The van der Waals surface area contributed by atoms with Crippen molar-refractivity contribution < 1.29 is 8.42 Å². The van der Waals surface area contributed by atoms with Crippen LogP contribution in [-0.2, 0) is 16.6 Å². The molecule has 0 aliphatic heterocycles. The van der Waals surface area contributed by atoms with E-state index in [1.165, 1.54) is 11.3 Å². The molecule has 0 aromatic carbocycles. The van der Waals surface area contributed by atoms with E-state index in [0.717, 1.165) is 16.2 Å². The molecule has 1 aromatic heterocycles. The van der Waals surface area contributed by atoms with Gasteiger partial charge in [-0.3, -0.25) is 0 Å². The van der Waals surface area contributed by atoms with E-state index in [2.05, 4.69) is 11.6 Å². The molecule has 6 heteroatoms. The van der Waals surface area contributed by atoms with Crippen LogP contribution < -0.4 is 10.5 Å². The van der Waals surface area contributed by atoms with Crippen molar-refractivity contribution in [3.8, 4) is 0 Å². The predicted octanol–water partition coefficient (Wildman–Crippen LogP) is 1.45. The number of hydrogen-bond acceptors (Lipinski definition) is 4. The van der Waals surface area contributed by atoms with Crippen molar-refractivity contribution in [2.75, 3.05) is 6.54 Å². The zero-order chi connectivity index (χ0) is 12.6. The first kappa shape index (κ1) is 13.0. The minimum absolute atomic E-state index is 0.385. The van der Waals surface area contributed by atoms with Crippen molar-refractivity contribution in [3.05, 3.63) is 15.8 Å². The summed E-state index contributed by atoms with van der Waals surface area (Å²) in [4.78, 5) is 2.10. The number of nitrogens with one attached hydrogen (secondary N) is 1. The molecule has 3 N–H and O–H groups in total. The topological polar surface area (TPSA) is 72.2 Å². The number of thiophene rings is 1. The van der Waals surface area contributed by atoms with Crippen LogP contribution in [0.1, 0.15) is 23.1 Å². The number of nitrogens with two attached hydrogens (primary N) is 1. The van der Waals surface area contributed by atoms with Gasteiger partial charge < -0.3 is 5.73 Å². The van der Waals surface area contributed by atoms with Crippen LogP contribution in [0.3, 0.4) is 0 Å². The lowest BCUT2D eigenvalue weighted by molar-refractivity contribution is 0.574. The first-order valence-corrected chi connectivity index (χ1v) is 8.03. The molecule has 0 spiro atoms. The summed E-state index contributed by atoms with van der Waals surface area (Å²) in [6.07, 6.45) is 1.12. The van der Waals surface area contributed by atoms with E-state index in [0.29, 0.717) is 29.8 Å². The standard InChI is InChI=1S/C11H18N2O2S2/c1-7-3-9(7)6-13-17(14,15)11-4-10(5-12)16-8(11)2/h4,7,9,13H,3,5-6,12H2,1-2H3. The Kier molecular flexibility index (Phi) is 3.58. The molecular weight excluding hydrogens is 256 g/mol. The Morgan fingerprint density at radius 3 is 2.71 bits per heavy atom. The Balaban J connectivity index is 2.10. The normalized spacial score (nSPS) is 23.9. The number of aryl methyl sites for hydroxylation is 1. The zero-order valence-electron chi connectivity index (χ0n) is 10.1. The molecule has 2 rings (SSSR count). The van der Waals surface area contributed by atoms with Gasteiger partial charge in [0.15, 0.2) is 0 Å². The van der Waals surface area contributed by atoms with Crippen LogP contribution in [0.2, 0.25) is 0 Å². The van der Waals surface area contributed by atoms with E-state index in [1.54, 1.807) is 6.07 Å². The second-order valence-electron chi connectivity index (χ2n) is 4.66. The minimum Gasteiger partial charge on any atom is -0.326 e. The third kappa shape index (κ3) is 2.88. The van der Waals surface area contributed by atoms with Gasteiger partial charge in [0.25, 0.3) is 0 Å². The van der Waals surface area contributed by atoms with Gasteiger partial charge in [-0.2, -0.15) is 0 Å². The lowest BCUT2D eigenvalue weighted by atomic mass is 10.3. The quantitative estimate of drug-likeness (QED) is 0.853.